The summed E-state index contributed by atoms with van der Waals surface area (Å²) in [6.45, 7) is 2.38. The molecule has 0 aliphatic heterocycles. The fourth-order valence-corrected chi connectivity index (χ4v) is 1.55. The van der Waals surface area contributed by atoms with Gasteiger partial charge in [0.15, 0.2) is 0 Å². The molecule has 0 fully saturated rings. The molecule has 1 aromatic carbocycles. The van der Waals surface area contributed by atoms with E-state index in [1.807, 2.05) is 6.07 Å². The third-order valence-electron chi connectivity index (χ3n) is 2.24. The van der Waals surface area contributed by atoms with Crippen LogP contribution in [0.2, 0.25) is 10.0 Å². The van der Waals surface area contributed by atoms with Gasteiger partial charge in [-0.1, -0.05) is 29.3 Å². The Balaban J connectivity index is 2.55. The normalized spacial score (nSPS) is 12.2. The van der Waals surface area contributed by atoms with Crippen molar-refractivity contribution in [2.24, 2.45) is 0 Å². The zero-order chi connectivity index (χ0) is 12.1. The molecular weight excluding hydrogens is 247 g/mol. The summed E-state index contributed by atoms with van der Waals surface area (Å²) in [5, 5.41) is 6.71. The predicted molar refractivity (Wildman–Crippen MR) is 66.8 cm³/mol. The predicted octanol–water partition coefficient (Wildman–Crippen LogP) is 2.22. The van der Waals surface area contributed by atoms with Crippen molar-refractivity contribution in [3.05, 3.63) is 33.8 Å². The Morgan fingerprint density at radius 2 is 2.06 bits per heavy atom. The van der Waals surface area contributed by atoms with Gasteiger partial charge in [0.2, 0.25) is 5.91 Å². The van der Waals surface area contributed by atoms with Crippen LogP contribution >= 0.6 is 23.2 Å². The maximum Gasteiger partial charge on any atom is 0.236 e. The van der Waals surface area contributed by atoms with Crippen molar-refractivity contribution in [2.45, 2.75) is 19.5 Å². The number of likely N-dealkylation sites (N-methyl/N-ethyl adjacent to an activating group) is 1. The number of hydrogen-bond acceptors (Lipinski definition) is 2. The van der Waals surface area contributed by atoms with Gasteiger partial charge in [0.05, 0.1) is 16.1 Å². The van der Waals surface area contributed by atoms with E-state index in [2.05, 4.69) is 10.6 Å². The van der Waals surface area contributed by atoms with Crippen LogP contribution in [0.5, 0.6) is 0 Å². The topological polar surface area (TPSA) is 41.1 Å². The van der Waals surface area contributed by atoms with Gasteiger partial charge in [0, 0.05) is 13.6 Å². The minimum Gasteiger partial charge on any atom is -0.358 e. The van der Waals surface area contributed by atoms with E-state index in [-0.39, 0.29) is 11.9 Å². The highest BCUT2D eigenvalue weighted by Gasteiger charge is 2.09. The van der Waals surface area contributed by atoms with Gasteiger partial charge < -0.3 is 10.6 Å². The van der Waals surface area contributed by atoms with Gasteiger partial charge in [-0.25, -0.2) is 0 Å². The summed E-state index contributed by atoms with van der Waals surface area (Å²) in [4.78, 5) is 11.2. The van der Waals surface area contributed by atoms with Gasteiger partial charge in [0.1, 0.15) is 0 Å². The van der Waals surface area contributed by atoms with Gasteiger partial charge in [-0.3, -0.25) is 4.79 Å². The summed E-state index contributed by atoms with van der Waals surface area (Å²) in [6.07, 6.45) is 0. The Hall–Kier alpha value is -0.770. The number of rotatable bonds is 4. The van der Waals surface area contributed by atoms with Gasteiger partial charge in [-0.05, 0) is 24.6 Å². The number of amides is 1. The molecule has 16 heavy (non-hydrogen) atoms. The van der Waals surface area contributed by atoms with Crippen LogP contribution in [-0.2, 0) is 11.3 Å². The van der Waals surface area contributed by atoms with Crippen molar-refractivity contribution in [1.82, 2.24) is 10.6 Å². The molecule has 0 aromatic heterocycles. The number of halogens is 2. The molecule has 0 saturated carbocycles. The molecule has 1 aromatic rings. The van der Waals surface area contributed by atoms with Crippen LogP contribution in [0, 0.1) is 0 Å². The van der Waals surface area contributed by atoms with Crippen molar-refractivity contribution in [3.8, 4) is 0 Å². The smallest absolute Gasteiger partial charge is 0.236 e. The highest BCUT2D eigenvalue weighted by Crippen LogP contribution is 2.22. The molecule has 1 amide bonds. The molecular formula is C11H14Cl2N2O. The molecule has 0 saturated heterocycles. The highest BCUT2D eigenvalue weighted by atomic mass is 35.5. The lowest BCUT2D eigenvalue weighted by Crippen LogP contribution is -2.40. The molecule has 2 N–H and O–H groups in total. The lowest BCUT2D eigenvalue weighted by Gasteiger charge is -2.12. The first-order valence-corrected chi connectivity index (χ1v) is 5.69. The van der Waals surface area contributed by atoms with E-state index in [1.54, 1.807) is 26.1 Å². The van der Waals surface area contributed by atoms with Crippen molar-refractivity contribution in [1.29, 1.82) is 0 Å². The zero-order valence-corrected chi connectivity index (χ0v) is 10.7. The second-order valence-electron chi connectivity index (χ2n) is 3.47. The summed E-state index contributed by atoms with van der Waals surface area (Å²) in [6, 6.07) is 5.16. The SMILES string of the molecule is CNC(=O)[C@@H](C)NCc1ccc(Cl)c(Cl)c1. The monoisotopic (exact) mass is 260 g/mol. The minimum absolute atomic E-state index is 0.0416. The van der Waals surface area contributed by atoms with Crippen LogP contribution in [0.4, 0.5) is 0 Å². The largest absolute Gasteiger partial charge is 0.358 e. The average molecular weight is 261 g/mol. The number of carbonyl (C=O) groups is 1. The van der Waals surface area contributed by atoms with E-state index in [9.17, 15) is 4.79 Å². The molecule has 0 unspecified atom stereocenters. The summed E-state index contributed by atoms with van der Waals surface area (Å²) in [7, 11) is 1.61. The van der Waals surface area contributed by atoms with E-state index < -0.39 is 0 Å². The van der Waals surface area contributed by atoms with E-state index in [1.165, 1.54) is 0 Å². The second kappa shape index (κ2) is 6.09. The molecule has 1 rings (SSSR count). The van der Waals surface area contributed by atoms with Crippen molar-refractivity contribution in [3.63, 3.8) is 0 Å². The summed E-state index contributed by atoms with van der Waals surface area (Å²) in [5.41, 5.74) is 0.991. The average Bonchev–Trinajstić information content (AvgIpc) is 2.29. The van der Waals surface area contributed by atoms with Crippen LogP contribution in [0.1, 0.15) is 12.5 Å². The summed E-state index contributed by atoms with van der Waals surface area (Å²) in [5.74, 6) is -0.0416. The first-order chi connectivity index (χ1) is 7.54. The number of carbonyl (C=O) groups excluding carboxylic acids is 1. The quantitative estimate of drug-likeness (QED) is 0.872. The zero-order valence-electron chi connectivity index (χ0n) is 9.18. The summed E-state index contributed by atoms with van der Waals surface area (Å²) >= 11 is 11.7. The lowest BCUT2D eigenvalue weighted by molar-refractivity contribution is -0.122. The third-order valence-corrected chi connectivity index (χ3v) is 2.98. The van der Waals surface area contributed by atoms with Gasteiger partial charge in [-0.15, -0.1) is 0 Å². The van der Waals surface area contributed by atoms with Crippen LogP contribution in [-0.4, -0.2) is 19.0 Å². The maximum atomic E-state index is 11.2. The lowest BCUT2D eigenvalue weighted by atomic mass is 10.2. The fraction of sp³-hybridized carbons (Fsp3) is 0.364. The van der Waals surface area contributed by atoms with Crippen LogP contribution in [0.25, 0.3) is 0 Å². The molecule has 0 aliphatic rings. The number of benzene rings is 1. The molecule has 0 aliphatic carbocycles. The van der Waals surface area contributed by atoms with E-state index >= 15 is 0 Å². The third kappa shape index (κ3) is 3.67. The molecule has 88 valence electrons. The van der Waals surface area contributed by atoms with E-state index in [0.29, 0.717) is 16.6 Å². The Morgan fingerprint density at radius 1 is 1.38 bits per heavy atom. The number of hydrogen-bond donors (Lipinski definition) is 2. The molecule has 0 radical (unpaired) electrons. The van der Waals surface area contributed by atoms with Crippen molar-refractivity contribution in [2.75, 3.05) is 7.05 Å². The maximum absolute atomic E-state index is 11.2. The molecule has 1 atom stereocenters. The Kier molecular flexibility index (Phi) is 5.06. The molecule has 0 heterocycles. The van der Waals surface area contributed by atoms with E-state index in [0.717, 1.165) is 5.56 Å². The van der Waals surface area contributed by atoms with Crippen LogP contribution < -0.4 is 10.6 Å². The van der Waals surface area contributed by atoms with E-state index in [4.69, 9.17) is 23.2 Å². The highest BCUT2D eigenvalue weighted by molar-refractivity contribution is 6.42. The second-order valence-corrected chi connectivity index (χ2v) is 4.28. The number of nitrogens with one attached hydrogen (secondary N) is 2. The molecule has 0 bridgehead atoms. The molecule has 3 nitrogen and oxygen atoms in total. The minimum atomic E-state index is -0.237. The van der Waals surface area contributed by atoms with Crippen LogP contribution in [0.3, 0.4) is 0 Å². The van der Waals surface area contributed by atoms with Crippen molar-refractivity contribution >= 4 is 29.1 Å². The van der Waals surface area contributed by atoms with Gasteiger partial charge in [-0.2, -0.15) is 0 Å². The Morgan fingerprint density at radius 3 is 2.62 bits per heavy atom. The Labute approximate surface area is 105 Å². The van der Waals surface area contributed by atoms with Crippen molar-refractivity contribution < 1.29 is 4.79 Å². The first kappa shape index (κ1) is 13.3. The first-order valence-electron chi connectivity index (χ1n) is 4.93. The van der Waals surface area contributed by atoms with Gasteiger partial charge >= 0.3 is 0 Å². The summed E-state index contributed by atoms with van der Waals surface area (Å²) < 4.78 is 0. The van der Waals surface area contributed by atoms with Gasteiger partial charge in [0.25, 0.3) is 0 Å². The van der Waals surface area contributed by atoms with Crippen LogP contribution in [0.15, 0.2) is 18.2 Å². The fourth-order valence-electron chi connectivity index (χ4n) is 1.23. The standard InChI is InChI=1S/C11H14Cl2N2O/c1-7(11(16)14-2)15-6-8-3-4-9(12)10(13)5-8/h3-5,7,15H,6H2,1-2H3,(H,14,16)/t7-/m1/s1. The Bertz CT molecular complexity index is 382. The molecule has 5 heteroatoms. The molecule has 0 spiro atoms.